The number of aromatic nitrogens is 3. The Labute approximate surface area is 194 Å². The Morgan fingerprint density at radius 3 is 2.73 bits per heavy atom. The van der Waals surface area contributed by atoms with Crippen LogP contribution in [0.2, 0.25) is 0 Å². The fraction of sp³-hybridized carbons (Fsp3) is 0.435. The van der Waals surface area contributed by atoms with Crippen molar-refractivity contribution in [2.75, 3.05) is 25.0 Å². The molecule has 3 N–H and O–H groups in total. The first-order valence-corrected chi connectivity index (χ1v) is 12.8. The van der Waals surface area contributed by atoms with Crippen LogP contribution < -0.4 is 10.0 Å². The second-order valence-corrected chi connectivity index (χ2v) is 10.1. The van der Waals surface area contributed by atoms with Gasteiger partial charge in [0.05, 0.1) is 10.4 Å². The second-order valence-electron chi connectivity index (χ2n) is 8.37. The highest BCUT2D eigenvalue weighted by molar-refractivity contribution is 7.89. The van der Waals surface area contributed by atoms with Crippen molar-refractivity contribution in [3.05, 3.63) is 48.4 Å². The van der Waals surface area contributed by atoms with Crippen molar-refractivity contribution in [3.63, 3.8) is 0 Å². The summed E-state index contributed by atoms with van der Waals surface area (Å²) in [5.41, 5.74) is 1.68. The number of carbonyl (C=O) groups excluding carboxylic acids is 1. The number of sulfonamides is 1. The highest BCUT2D eigenvalue weighted by Crippen LogP contribution is 2.21. The highest BCUT2D eigenvalue weighted by atomic mass is 32.2. The zero-order valence-corrected chi connectivity index (χ0v) is 19.6. The van der Waals surface area contributed by atoms with E-state index in [1.54, 1.807) is 35.6 Å². The van der Waals surface area contributed by atoms with Gasteiger partial charge in [0.2, 0.25) is 15.9 Å². The maximum Gasteiger partial charge on any atom is 0.241 e. The Morgan fingerprint density at radius 2 is 1.97 bits per heavy atom. The number of fused-ring (bicyclic) bond motifs is 1. The SMILES string of the molecule is Cc1ccnc2ccc(S(=O)(=O)N[C@@H](CCCNc3ncc[nH]3)C(=O)N3CCCCC3)cc12. The third kappa shape index (κ3) is 5.69. The first kappa shape index (κ1) is 23.2. The fourth-order valence-corrected chi connectivity index (χ4v) is 5.38. The fourth-order valence-electron chi connectivity index (χ4n) is 4.13. The first-order valence-electron chi connectivity index (χ1n) is 11.3. The minimum Gasteiger partial charge on any atom is -0.356 e. The van der Waals surface area contributed by atoms with Crippen LogP contribution in [0.25, 0.3) is 10.9 Å². The van der Waals surface area contributed by atoms with Gasteiger partial charge in [-0.05, 0) is 68.9 Å². The normalized spacial score (nSPS) is 15.5. The van der Waals surface area contributed by atoms with E-state index in [1.807, 2.05) is 13.0 Å². The highest BCUT2D eigenvalue weighted by Gasteiger charge is 2.30. The Bertz CT molecular complexity index is 1190. The van der Waals surface area contributed by atoms with E-state index < -0.39 is 16.1 Å². The number of anilines is 1. The zero-order valence-electron chi connectivity index (χ0n) is 18.8. The summed E-state index contributed by atoms with van der Waals surface area (Å²) >= 11 is 0. The predicted octanol–water partition coefficient (Wildman–Crippen LogP) is 2.82. The van der Waals surface area contributed by atoms with Gasteiger partial charge in [-0.25, -0.2) is 13.4 Å². The molecule has 1 aliphatic rings. The molecule has 4 rings (SSSR count). The molecule has 3 heterocycles. The largest absolute Gasteiger partial charge is 0.356 e. The van der Waals surface area contributed by atoms with E-state index in [9.17, 15) is 13.2 Å². The van der Waals surface area contributed by atoms with E-state index in [2.05, 4.69) is 25.0 Å². The molecule has 0 radical (unpaired) electrons. The van der Waals surface area contributed by atoms with E-state index in [-0.39, 0.29) is 10.8 Å². The van der Waals surface area contributed by atoms with Crippen LogP contribution in [0, 0.1) is 6.92 Å². The summed E-state index contributed by atoms with van der Waals surface area (Å²) in [6.07, 6.45) is 9.06. The Hall–Kier alpha value is -2.98. The van der Waals surface area contributed by atoms with Crippen LogP contribution in [0.1, 0.15) is 37.7 Å². The lowest BCUT2D eigenvalue weighted by Gasteiger charge is -2.30. The standard InChI is InChI=1S/C23H30N6O3S/c1-17-9-11-24-20-8-7-18(16-19(17)20)33(31,32)28-21(22(30)29-14-3-2-4-15-29)6-5-10-25-23-26-12-13-27-23/h7-9,11-13,16,21,28H,2-6,10,14-15H2,1H3,(H2,25,26,27)/t21-/m0/s1. The topological polar surface area (TPSA) is 120 Å². The molecule has 1 saturated heterocycles. The number of hydrogen-bond donors (Lipinski definition) is 3. The van der Waals surface area contributed by atoms with Crippen LogP contribution in [0.15, 0.2) is 47.8 Å². The average Bonchev–Trinajstić information content (AvgIpc) is 3.35. The summed E-state index contributed by atoms with van der Waals surface area (Å²) in [6, 6.07) is 5.89. The minimum atomic E-state index is -3.90. The van der Waals surface area contributed by atoms with Crippen molar-refractivity contribution in [1.82, 2.24) is 24.6 Å². The number of H-pyrrole nitrogens is 1. The second kappa shape index (κ2) is 10.3. The number of nitrogens with one attached hydrogen (secondary N) is 3. The molecule has 2 aromatic heterocycles. The minimum absolute atomic E-state index is 0.135. The van der Waals surface area contributed by atoms with Gasteiger partial charge in [-0.15, -0.1) is 0 Å². The number of benzene rings is 1. The molecule has 1 amide bonds. The lowest BCUT2D eigenvalue weighted by molar-refractivity contribution is -0.134. The van der Waals surface area contributed by atoms with Crippen LogP contribution in [-0.4, -0.2) is 59.9 Å². The first-order chi connectivity index (χ1) is 15.9. The van der Waals surface area contributed by atoms with Crippen molar-refractivity contribution in [2.45, 2.75) is 50.0 Å². The summed E-state index contributed by atoms with van der Waals surface area (Å²) in [4.78, 5) is 26.5. The number of rotatable bonds is 9. The van der Waals surface area contributed by atoms with Crippen molar-refractivity contribution < 1.29 is 13.2 Å². The predicted molar refractivity (Wildman–Crippen MR) is 127 cm³/mol. The lowest BCUT2D eigenvalue weighted by Crippen LogP contribution is -2.50. The Kier molecular flexibility index (Phi) is 7.24. The number of piperidine rings is 1. The molecule has 1 atom stereocenters. The van der Waals surface area contributed by atoms with Crippen LogP contribution in [-0.2, 0) is 14.8 Å². The van der Waals surface area contributed by atoms with E-state index in [1.165, 1.54) is 6.07 Å². The molecule has 10 heteroatoms. The van der Waals surface area contributed by atoms with Gasteiger partial charge in [0, 0.05) is 43.6 Å². The Morgan fingerprint density at radius 1 is 1.15 bits per heavy atom. The summed E-state index contributed by atoms with van der Waals surface area (Å²) in [6.45, 7) is 3.83. The number of nitrogens with zero attached hydrogens (tertiary/aromatic N) is 3. The molecule has 3 aromatic rings. The molecule has 0 spiro atoms. The number of carbonyl (C=O) groups is 1. The molecule has 1 aromatic carbocycles. The average molecular weight is 471 g/mol. The maximum atomic E-state index is 13.3. The van der Waals surface area contributed by atoms with Gasteiger partial charge >= 0.3 is 0 Å². The summed E-state index contributed by atoms with van der Waals surface area (Å²) in [7, 11) is -3.90. The molecule has 9 nitrogen and oxygen atoms in total. The van der Waals surface area contributed by atoms with Crippen molar-refractivity contribution >= 4 is 32.8 Å². The van der Waals surface area contributed by atoms with Crippen molar-refractivity contribution in [2.24, 2.45) is 0 Å². The number of amides is 1. The van der Waals surface area contributed by atoms with Gasteiger partial charge in [-0.2, -0.15) is 4.72 Å². The maximum absolute atomic E-state index is 13.3. The number of aromatic amines is 1. The molecule has 0 saturated carbocycles. The smallest absolute Gasteiger partial charge is 0.241 e. The van der Waals surface area contributed by atoms with Gasteiger partial charge in [0.1, 0.15) is 6.04 Å². The molecular formula is C23H30N6O3S. The summed E-state index contributed by atoms with van der Waals surface area (Å²) in [5.74, 6) is 0.490. The van der Waals surface area contributed by atoms with Gasteiger partial charge in [0.15, 0.2) is 5.95 Å². The number of imidazole rings is 1. The molecule has 0 unspecified atom stereocenters. The van der Waals surface area contributed by atoms with Gasteiger partial charge in [0.25, 0.3) is 0 Å². The van der Waals surface area contributed by atoms with Crippen molar-refractivity contribution in [1.29, 1.82) is 0 Å². The van der Waals surface area contributed by atoms with E-state index in [4.69, 9.17) is 0 Å². The number of aryl methyl sites for hydroxylation is 1. The third-order valence-electron chi connectivity index (χ3n) is 5.96. The zero-order chi connectivity index (χ0) is 23.3. The van der Waals surface area contributed by atoms with Gasteiger partial charge in [-0.1, -0.05) is 0 Å². The molecule has 33 heavy (non-hydrogen) atoms. The van der Waals surface area contributed by atoms with Crippen LogP contribution in [0.3, 0.4) is 0 Å². The molecule has 0 bridgehead atoms. The quantitative estimate of drug-likeness (QED) is 0.414. The summed E-state index contributed by atoms with van der Waals surface area (Å²) < 4.78 is 29.2. The molecular weight excluding hydrogens is 440 g/mol. The molecule has 176 valence electrons. The number of pyridine rings is 1. The van der Waals surface area contributed by atoms with E-state index in [0.29, 0.717) is 38.4 Å². The van der Waals surface area contributed by atoms with Crippen LogP contribution in [0.4, 0.5) is 5.95 Å². The van der Waals surface area contributed by atoms with E-state index >= 15 is 0 Å². The van der Waals surface area contributed by atoms with Crippen LogP contribution >= 0.6 is 0 Å². The number of hydrogen-bond acceptors (Lipinski definition) is 6. The van der Waals surface area contributed by atoms with E-state index in [0.717, 1.165) is 35.7 Å². The van der Waals surface area contributed by atoms with Crippen LogP contribution in [0.5, 0.6) is 0 Å². The molecule has 1 aliphatic heterocycles. The van der Waals surface area contributed by atoms with Gasteiger partial charge < -0.3 is 15.2 Å². The summed E-state index contributed by atoms with van der Waals surface area (Å²) in [5, 5.41) is 3.92. The third-order valence-corrected chi connectivity index (χ3v) is 7.43. The van der Waals surface area contributed by atoms with Crippen molar-refractivity contribution in [3.8, 4) is 0 Å². The monoisotopic (exact) mass is 470 g/mol. The lowest BCUT2D eigenvalue weighted by atomic mass is 10.1. The molecule has 0 aliphatic carbocycles. The Balaban J connectivity index is 1.50. The van der Waals surface area contributed by atoms with Gasteiger partial charge in [-0.3, -0.25) is 9.78 Å². The molecule has 1 fully saturated rings. The number of likely N-dealkylation sites (tertiary alicyclic amines) is 1.